The normalized spacial score (nSPS) is 16.8. The summed E-state index contributed by atoms with van der Waals surface area (Å²) >= 11 is 0. The SMILES string of the molecule is NCCC(=O)N1CCN(Cc2ccncc2)CC1. The van der Waals surface area contributed by atoms with E-state index in [9.17, 15) is 4.79 Å². The first-order valence-electron chi connectivity index (χ1n) is 6.38. The Hall–Kier alpha value is -1.46. The highest BCUT2D eigenvalue weighted by Gasteiger charge is 2.20. The molecule has 5 heteroatoms. The van der Waals surface area contributed by atoms with E-state index in [0.29, 0.717) is 13.0 Å². The first-order valence-corrected chi connectivity index (χ1v) is 6.38. The summed E-state index contributed by atoms with van der Waals surface area (Å²) in [6.45, 7) is 4.85. The predicted molar refractivity (Wildman–Crippen MR) is 69.8 cm³/mol. The molecule has 1 fully saturated rings. The van der Waals surface area contributed by atoms with Crippen LogP contribution in [0, 0.1) is 0 Å². The Kier molecular flexibility index (Phi) is 4.66. The van der Waals surface area contributed by atoms with Crippen LogP contribution in [0.25, 0.3) is 0 Å². The first-order chi connectivity index (χ1) is 8.79. The summed E-state index contributed by atoms with van der Waals surface area (Å²) in [5.74, 6) is 0.182. The average Bonchev–Trinajstić information content (AvgIpc) is 2.41. The van der Waals surface area contributed by atoms with Gasteiger partial charge in [-0.05, 0) is 17.7 Å². The van der Waals surface area contributed by atoms with Gasteiger partial charge in [-0.3, -0.25) is 14.7 Å². The summed E-state index contributed by atoms with van der Waals surface area (Å²) in [5.41, 5.74) is 6.67. The minimum Gasteiger partial charge on any atom is -0.340 e. The molecule has 1 aliphatic heterocycles. The Morgan fingerprint density at radius 2 is 1.89 bits per heavy atom. The van der Waals surface area contributed by atoms with Crippen LogP contribution in [0.1, 0.15) is 12.0 Å². The van der Waals surface area contributed by atoms with Crippen LogP contribution >= 0.6 is 0 Å². The summed E-state index contributed by atoms with van der Waals surface area (Å²) in [5, 5.41) is 0. The molecule has 1 saturated heterocycles. The van der Waals surface area contributed by atoms with Gasteiger partial charge in [-0.1, -0.05) is 0 Å². The van der Waals surface area contributed by atoms with Crippen molar-refractivity contribution in [2.24, 2.45) is 5.73 Å². The summed E-state index contributed by atoms with van der Waals surface area (Å²) in [6, 6.07) is 4.07. The van der Waals surface area contributed by atoms with E-state index in [0.717, 1.165) is 32.7 Å². The maximum atomic E-state index is 11.7. The largest absolute Gasteiger partial charge is 0.340 e. The molecule has 1 aliphatic rings. The van der Waals surface area contributed by atoms with Gasteiger partial charge in [0.05, 0.1) is 0 Å². The van der Waals surface area contributed by atoms with Gasteiger partial charge < -0.3 is 10.6 Å². The fraction of sp³-hybridized carbons (Fsp3) is 0.538. The second kappa shape index (κ2) is 6.47. The fourth-order valence-electron chi connectivity index (χ4n) is 2.18. The number of carbonyl (C=O) groups is 1. The van der Waals surface area contributed by atoms with Gasteiger partial charge in [-0.2, -0.15) is 0 Å². The molecular weight excluding hydrogens is 228 g/mol. The molecule has 0 bridgehead atoms. The number of carbonyl (C=O) groups excluding carboxylic acids is 1. The maximum Gasteiger partial charge on any atom is 0.223 e. The van der Waals surface area contributed by atoms with E-state index in [1.807, 2.05) is 29.4 Å². The van der Waals surface area contributed by atoms with Gasteiger partial charge in [0.1, 0.15) is 0 Å². The topological polar surface area (TPSA) is 62.5 Å². The van der Waals surface area contributed by atoms with E-state index in [-0.39, 0.29) is 5.91 Å². The first kappa shape index (κ1) is 13.0. The smallest absolute Gasteiger partial charge is 0.223 e. The van der Waals surface area contributed by atoms with Crippen LogP contribution in [-0.2, 0) is 11.3 Å². The molecule has 0 saturated carbocycles. The molecule has 2 heterocycles. The standard InChI is InChI=1S/C13H20N4O/c14-4-1-13(18)17-9-7-16(8-10-17)11-12-2-5-15-6-3-12/h2-3,5-6H,1,4,7-11,14H2. The molecule has 0 unspecified atom stereocenters. The van der Waals surface area contributed by atoms with Crippen molar-refractivity contribution in [3.05, 3.63) is 30.1 Å². The molecule has 0 aromatic carbocycles. The highest BCUT2D eigenvalue weighted by Crippen LogP contribution is 2.08. The second-order valence-corrected chi connectivity index (χ2v) is 4.55. The number of pyridine rings is 1. The molecule has 5 nitrogen and oxygen atoms in total. The van der Waals surface area contributed by atoms with Crippen molar-refractivity contribution in [1.82, 2.24) is 14.8 Å². The predicted octanol–water partition coefficient (Wildman–Crippen LogP) is 0.0746. The molecule has 98 valence electrons. The summed E-state index contributed by atoms with van der Waals surface area (Å²) in [4.78, 5) is 20.0. The van der Waals surface area contributed by atoms with Crippen molar-refractivity contribution in [3.63, 3.8) is 0 Å². The number of nitrogens with two attached hydrogens (primary N) is 1. The number of hydrogen-bond acceptors (Lipinski definition) is 4. The van der Waals surface area contributed by atoms with Crippen molar-refractivity contribution < 1.29 is 4.79 Å². The lowest BCUT2D eigenvalue weighted by Crippen LogP contribution is -2.48. The number of amides is 1. The summed E-state index contributed by atoms with van der Waals surface area (Å²) in [7, 11) is 0. The monoisotopic (exact) mass is 248 g/mol. The third kappa shape index (κ3) is 3.51. The van der Waals surface area contributed by atoms with Gasteiger partial charge >= 0.3 is 0 Å². The van der Waals surface area contributed by atoms with Gasteiger partial charge in [0, 0.05) is 58.1 Å². The number of rotatable bonds is 4. The summed E-state index contributed by atoms with van der Waals surface area (Å²) in [6.07, 6.45) is 4.09. The Morgan fingerprint density at radius 3 is 2.50 bits per heavy atom. The molecule has 1 aromatic rings. The van der Waals surface area contributed by atoms with E-state index in [2.05, 4.69) is 9.88 Å². The van der Waals surface area contributed by atoms with Crippen LogP contribution in [0.5, 0.6) is 0 Å². The van der Waals surface area contributed by atoms with E-state index in [1.165, 1.54) is 5.56 Å². The van der Waals surface area contributed by atoms with Crippen molar-refractivity contribution in [2.75, 3.05) is 32.7 Å². The quantitative estimate of drug-likeness (QED) is 0.819. The van der Waals surface area contributed by atoms with Crippen LogP contribution in [0.3, 0.4) is 0 Å². The maximum absolute atomic E-state index is 11.7. The number of piperazine rings is 1. The molecule has 1 amide bonds. The van der Waals surface area contributed by atoms with Gasteiger partial charge in [-0.15, -0.1) is 0 Å². The van der Waals surface area contributed by atoms with Gasteiger partial charge in [-0.25, -0.2) is 0 Å². The Balaban J connectivity index is 1.78. The molecule has 0 atom stereocenters. The van der Waals surface area contributed by atoms with Gasteiger partial charge in [0.25, 0.3) is 0 Å². The summed E-state index contributed by atoms with van der Waals surface area (Å²) < 4.78 is 0. The molecule has 0 aliphatic carbocycles. The van der Waals surface area contributed by atoms with E-state index < -0.39 is 0 Å². The average molecular weight is 248 g/mol. The Labute approximate surface area is 108 Å². The van der Waals surface area contributed by atoms with Crippen LogP contribution in [0.15, 0.2) is 24.5 Å². The Morgan fingerprint density at radius 1 is 1.22 bits per heavy atom. The van der Waals surface area contributed by atoms with Crippen LogP contribution in [0.4, 0.5) is 0 Å². The number of aromatic nitrogens is 1. The lowest BCUT2D eigenvalue weighted by molar-refractivity contribution is -0.132. The highest BCUT2D eigenvalue weighted by atomic mass is 16.2. The minimum atomic E-state index is 0.182. The lowest BCUT2D eigenvalue weighted by Gasteiger charge is -2.34. The van der Waals surface area contributed by atoms with Crippen LogP contribution in [-0.4, -0.2) is 53.4 Å². The highest BCUT2D eigenvalue weighted by molar-refractivity contribution is 5.76. The van der Waals surface area contributed by atoms with E-state index in [1.54, 1.807) is 0 Å². The zero-order valence-corrected chi connectivity index (χ0v) is 10.6. The zero-order chi connectivity index (χ0) is 12.8. The van der Waals surface area contributed by atoms with Crippen molar-refractivity contribution in [3.8, 4) is 0 Å². The fourth-order valence-corrected chi connectivity index (χ4v) is 2.18. The van der Waals surface area contributed by atoms with Gasteiger partial charge in [0.2, 0.25) is 5.91 Å². The molecule has 0 radical (unpaired) electrons. The lowest BCUT2D eigenvalue weighted by atomic mass is 10.2. The molecule has 2 rings (SSSR count). The second-order valence-electron chi connectivity index (χ2n) is 4.55. The molecule has 1 aromatic heterocycles. The third-order valence-electron chi connectivity index (χ3n) is 3.24. The Bertz CT molecular complexity index is 374. The van der Waals surface area contributed by atoms with Crippen molar-refractivity contribution in [1.29, 1.82) is 0 Å². The van der Waals surface area contributed by atoms with Crippen molar-refractivity contribution >= 4 is 5.91 Å². The van der Waals surface area contributed by atoms with Gasteiger partial charge in [0.15, 0.2) is 0 Å². The van der Waals surface area contributed by atoms with E-state index in [4.69, 9.17) is 5.73 Å². The third-order valence-corrected chi connectivity index (χ3v) is 3.24. The minimum absolute atomic E-state index is 0.182. The molecule has 18 heavy (non-hydrogen) atoms. The van der Waals surface area contributed by atoms with E-state index >= 15 is 0 Å². The van der Waals surface area contributed by atoms with Crippen molar-refractivity contribution in [2.45, 2.75) is 13.0 Å². The molecular formula is C13H20N4O. The zero-order valence-electron chi connectivity index (χ0n) is 10.6. The number of nitrogens with zero attached hydrogens (tertiary/aromatic N) is 3. The molecule has 2 N–H and O–H groups in total. The molecule has 0 spiro atoms. The van der Waals surface area contributed by atoms with Crippen LogP contribution < -0.4 is 5.73 Å². The van der Waals surface area contributed by atoms with Crippen LogP contribution in [0.2, 0.25) is 0 Å². The number of hydrogen-bond donors (Lipinski definition) is 1.